The Bertz CT molecular complexity index is 544. The third-order valence-electron chi connectivity index (χ3n) is 5.12. The Kier molecular flexibility index (Phi) is 3.72. The summed E-state index contributed by atoms with van der Waals surface area (Å²) in [5.74, 6) is 2.07. The van der Waals surface area contributed by atoms with Crippen LogP contribution in [-0.2, 0) is 13.0 Å². The predicted molar refractivity (Wildman–Crippen MR) is 87.7 cm³/mol. The Balaban J connectivity index is 1.54. The summed E-state index contributed by atoms with van der Waals surface area (Å²) >= 11 is 3.65. The van der Waals surface area contributed by atoms with Crippen LogP contribution in [0.1, 0.15) is 30.9 Å². The summed E-state index contributed by atoms with van der Waals surface area (Å²) in [6.45, 7) is 6.45. The van der Waals surface area contributed by atoms with Crippen molar-refractivity contribution in [3.63, 3.8) is 0 Å². The number of ether oxygens (including phenoxy) is 1. The highest BCUT2D eigenvalue weighted by molar-refractivity contribution is 9.10. The fourth-order valence-corrected chi connectivity index (χ4v) is 4.22. The summed E-state index contributed by atoms with van der Waals surface area (Å²) in [4.78, 5) is 2.63. The number of rotatable bonds is 3. The van der Waals surface area contributed by atoms with E-state index in [2.05, 4.69) is 45.2 Å². The molecule has 3 aliphatic rings. The van der Waals surface area contributed by atoms with Crippen molar-refractivity contribution in [2.24, 2.45) is 5.92 Å². The average Bonchev–Trinajstić information content (AvgIpc) is 3.20. The minimum Gasteiger partial charge on any atom is -0.493 e. The van der Waals surface area contributed by atoms with Crippen LogP contribution < -0.4 is 10.1 Å². The molecule has 0 aromatic heterocycles. The zero-order valence-electron chi connectivity index (χ0n) is 12.6. The van der Waals surface area contributed by atoms with Gasteiger partial charge in [0.25, 0.3) is 0 Å². The van der Waals surface area contributed by atoms with Crippen LogP contribution in [0.3, 0.4) is 0 Å². The number of halogens is 1. The van der Waals surface area contributed by atoms with Gasteiger partial charge in [0.1, 0.15) is 5.75 Å². The number of hydrogen-bond donors (Lipinski definition) is 1. The molecular formula is C17H23BrN2O. The number of hydrogen-bond acceptors (Lipinski definition) is 3. The van der Waals surface area contributed by atoms with E-state index in [1.165, 1.54) is 35.0 Å². The average molecular weight is 351 g/mol. The Labute approximate surface area is 135 Å². The van der Waals surface area contributed by atoms with Crippen molar-refractivity contribution in [2.75, 3.05) is 19.7 Å². The Morgan fingerprint density at radius 1 is 1.38 bits per heavy atom. The van der Waals surface area contributed by atoms with Gasteiger partial charge in [-0.05, 0) is 43.4 Å². The van der Waals surface area contributed by atoms with Crippen LogP contribution in [0.15, 0.2) is 16.6 Å². The Morgan fingerprint density at radius 2 is 2.24 bits per heavy atom. The second-order valence-electron chi connectivity index (χ2n) is 6.78. The van der Waals surface area contributed by atoms with Crippen LogP contribution in [-0.4, -0.2) is 36.7 Å². The fraction of sp³-hybridized carbons (Fsp3) is 0.647. The van der Waals surface area contributed by atoms with E-state index in [9.17, 15) is 0 Å². The first-order valence-electron chi connectivity index (χ1n) is 8.12. The van der Waals surface area contributed by atoms with E-state index in [0.29, 0.717) is 12.1 Å². The largest absolute Gasteiger partial charge is 0.493 e. The molecule has 2 heterocycles. The van der Waals surface area contributed by atoms with E-state index in [0.717, 1.165) is 37.8 Å². The molecule has 2 aliphatic heterocycles. The lowest BCUT2D eigenvalue weighted by Crippen LogP contribution is -2.55. The summed E-state index contributed by atoms with van der Waals surface area (Å²) in [6.07, 6.45) is 3.87. The molecule has 0 spiro atoms. The first kappa shape index (κ1) is 14.0. The molecule has 1 aromatic rings. The molecule has 2 atom stereocenters. The quantitative estimate of drug-likeness (QED) is 0.906. The number of fused-ring (bicyclic) bond motifs is 1. The van der Waals surface area contributed by atoms with Gasteiger partial charge in [-0.2, -0.15) is 0 Å². The van der Waals surface area contributed by atoms with Gasteiger partial charge < -0.3 is 10.1 Å². The highest BCUT2D eigenvalue weighted by Gasteiger charge is 2.36. The monoisotopic (exact) mass is 350 g/mol. The molecule has 2 fully saturated rings. The van der Waals surface area contributed by atoms with Crippen molar-refractivity contribution in [1.29, 1.82) is 0 Å². The molecule has 0 radical (unpaired) electrons. The highest BCUT2D eigenvalue weighted by atomic mass is 79.9. The second-order valence-corrected chi connectivity index (χ2v) is 7.70. The lowest BCUT2D eigenvalue weighted by Gasteiger charge is -2.39. The molecule has 0 bridgehead atoms. The molecule has 4 heteroatoms. The van der Waals surface area contributed by atoms with Gasteiger partial charge in [-0.1, -0.05) is 15.9 Å². The third kappa shape index (κ3) is 2.86. The molecule has 4 rings (SSSR count). The normalized spacial score (nSPS) is 29.2. The van der Waals surface area contributed by atoms with Gasteiger partial charge in [0, 0.05) is 48.2 Å². The van der Waals surface area contributed by atoms with E-state index < -0.39 is 0 Å². The van der Waals surface area contributed by atoms with Gasteiger partial charge in [0.05, 0.1) is 6.61 Å². The van der Waals surface area contributed by atoms with E-state index in [-0.39, 0.29) is 0 Å². The standard InChI is InChI=1S/C17H23BrN2O/c1-11-8-19-16(12-2-3-12)10-20(11)9-14-7-15(18)6-13-4-5-21-17(13)14/h6-7,11-12,16,19H,2-5,8-10H2,1H3. The SMILES string of the molecule is CC1CNC(C2CC2)CN1Cc1cc(Br)cc2c1OCC2. The van der Waals surface area contributed by atoms with Crippen molar-refractivity contribution in [3.8, 4) is 5.75 Å². The van der Waals surface area contributed by atoms with Gasteiger partial charge in [-0.3, -0.25) is 4.90 Å². The van der Waals surface area contributed by atoms with Crippen LogP contribution in [0.5, 0.6) is 5.75 Å². The van der Waals surface area contributed by atoms with Crippen LogP contribution in [0.25, 0.3) is 0 Å². The van der Waals surface area contributed by atoms with Crippen LogP contribution in [0, 0.1) is 5.92 Å². The molecule has 1 aliphatic carbocycles. The lowest BCUT2D eigenvalue weighted by atomic mass is 10.0. The molecule has 3 nitrogen and oxygen atoms in total. The van der Waals surface area contributed by atoms with Crippen molar-refractivity contribution < 1.29 is 4.74 Å². The van der Waals surface area contributed by atoms with Gasteiger partial charge in [0.2, 0.25) is 0 Å². The molecule has 1 saturated carbocycles. The maximum absolute atomic E-state index is 5.88. The number of benzene rings is 1. The van der Waals surface area contributed by atoms with Crippen LogP contribution >= 0.6 is 15.9 Å². The summed E-state index contributed by atoms with van der Waals surface area (Å²) in [5.41, 5.74) is 2.71. The minimum absolute atomic E-state index is 0.594. The first-order chi connectivity index (χ1) is 10.2. The van der Waals surface area contributed by atoms with Crippen molar-refractivity contribution in [3.05, 3.63) is 27.7 Å². The van der Waals surface area contributed by atoms with Gasteiger partial charge in [0.15, 0.2) is 0 Å². The number of nitrogens with one attached hydrogen (secondary N) is 1. The summed E-state index contributed by atoms with van der Waals surface area (Å²) in [5, 5.41) is 3.73. The van der Waals surface area contributed by atoms with E-state index >= 15 is 0 Å². The van der Waals surface area contributed by atoms with E-state index in [1.54, 1.807) is 0 Å². The zero-order valence-corrected chi connectivity index (χ0v) is 14.2. The fourth-order valence-electron chi connectivity index (χ4n) is 3.67. The van der Waals surface area contributed by atoms with Gasteiger partial charge >= 0.3 is 0 Å². The molecule has 1 saturated heterocycles. The molecule has 0 amide bonds. The summed E-state index contributed by atoms with van der Waals surface area (Å²) < 4.78 is 7.07. The Hall–Kier alpha value is -0.580. The molecule has 1 N–H and O–H groups in total. The molecule has 114 valence electrons. The molecule has 1 aromatic carbocycles. The van der Waals surface area contributed by atoms with Crippen LogP contribution in [0.2, 0.25) is 0 Å². The maximum atomic E-state index is 5.88. The minimum atomic E-state index is 0.594. The van der Waals surface area contributed by atoms with Crippen molar-refractivity contribution in [1.82, 2.24) is 10.2 Å². The maximum Gasteiger partial charge on any atom is 0.127 e. The van der Waals surface area contributed by atoms with E-state index in [1.807, 2.05) is 0 Å². The zero-order chi connectivity index (χ0) is 14.4. The van der Waals surface area contributed by atoms with Gasteiger partial charge in [-0.25, -0.2) is 0 Å². The van der Waals surface area contributed by atoms with Gasteiger partial charge in [-0.15, -0.1) is 0 Å². The predicted octanol–water partition coefficient (Wildman–Crippen LogP) is 2.96. The molecule has 21 heavy (non-hydrogen) atoms. The topological polar surface area (TPSA) is 24.5 Å². The summed E-state index contributed by atoms with van der Waals surface area (Å²) in [7, 11) is 0. The summed E-state index contributed by atoms with van der Waals surface area (Å²) in [6, 6.07) is 5.74. The van der Waals surface area contributed by atoms with Crippen LogP contribution in [0.4, 0.5) is 0 Å². The molecule has 2 unspecified atom stereocenters. The van der Waals surface area contributed by atoms with E-state index in [4.69, 9.17) is 4.74 Å². The number of piperazine rings is 1. The van der Waals surface area contributed by atoms with Crippen molar-refractivity contribution in [2.45, 2.75) is 44.8 Å². The highest BCUT2D eigenvalue weighted by Crippen LogP contribution is 2.36. The van der Waals surface area contributed by atoms with Crippen molar-refractivity contribution >= 4 is 15.9 Å². The number of nitrogens with zero attached hydrogens (tertiary/aromatic N) is 1. The lowest BCUT2D eigenvalue weighted by molar-refractivity contribution is 0.124. The Morgan fingerprint density at radius 3 is 3.05 bits per heavy atom. The smallest absolute Gasteiger partial charge is 0.127 e. The second kappa shape index (κ2) is 5.56. The molecular weight excluding hydrogens is 328 g/mol. The first-order valence-corrected chi connectivity index (χ1v) is 8.91. The third-order valence-corrected chi connectivity index (χ3v) is 5.58.